The van der Waals surface area contributed by atoms with Crippen LogP contribution in [0.3, 0.4) is 0 Å². The van der Waals surface area contributed by atoms with E-state index in [2.05, 4.69) is 6.58 Å². The van der Waals surface area contributed by atoms with Gasteiger partial charge in [-0.25, -0.2) is 0 Å². The fourth-order valence-electron chi connectivity index (χ4n) is 3.51. The highest BCUT2D eigenvalue weighted by atomic mass is 16.3. The molecule has 27 heavy (non-hydrogen) atoms. The van der Waals surface area contributed by atoms with Gasteiger partial charge >= 0.3 is 0 Å². The molecule has 1 amide bonds. The molecular formula is C23H26N2O2. The number of benzene rings is 2. The number of amides is 1. The second kappa shape index (κ2) is 8.23. The predicted octanol–water partition coefficient (Wildman–Crippen LogP) is 4.13. The van der Waals surface area contributed by atoms with Crippen LogP contribution in [0.4, 0.5) is 0 Å². The molecule has 0 fully saturated rings. The van der Waals surface area contributed by atoms with Crippen molar-refractivity contribution in [3.63, 3.8) is 0 Å². The molecule has 0 saturated heterocycles. The number of hydrogen-bond acceptors (Lipinski definition) is 2. The number of aliphatic hydroxyl groups is 1. The van der Waals surface area contributed by atoms with Gasteiger partial charge in [-0.2, -0.15) is 0 Å². The van der Waals surface area contributed by atoms with Gasteiger partial charge in [0.05, 0.1) is 0 Å². The average molecular weight is 362 g/mol. The lowest BCUT2D eigenvalue weighted by Gasteiger charge is -2.25. The summed E-state index contributed by atoms with van der Waals surface area (Å²) in [6, 6.07) is 17.7. The van der Waals surface area contributed by atoms with E-state index in [1.165, 1.54) is 0 Å². The van der Waals surface area contributed by atoms with E-state index in [4.69, 9.17) is 0 Å². The Labute approximate surface area is 160 Å². The molecule has 0 spiro atoms. The van der Waals surface area contributed by atoms with Crippen LogP contribution in [0.5, 0.6) is 0 Å². The molecule has 0 radical (unpaired) electrons. The molecule has 4 nitrogen and oxygen atoms in total. The van der Waals surface area contributed by atoms with Crippen molar-refractivity contribution >= 4 is 16.8 Å². The smallest absolute Gasteiger partial charge is 0.256 e. The molecule has 0 bridgehead atoms. The van der Waals surface area contributed by atoms with Gasteiger partial charge in [0, 0.05) is 42.3 Å². The fraction of sp³-hybridized carbons (Fsp3) is 0.261. The maximum absolute atomic E-state index is 13.2. The third kappa shape index (κ3) is 3.81. The molecule has 1 heterocycles. The van der Waals surface area contributed by atoms with Crippen molar-refractivity contribution in [1.29, 1.82) is 0 Å². The fourth-order valence-corrected chi connectivity index (χ4v) is 3.51. The second-order valence-corrected chi connectivity index (χ2v) is 6.80. The Hall–Kier alpha value is -2.85. The number of fused-ring (bicyclic) bond motifs is 1. The van der Waals surface area contributed by atoms with E-state index in [1.54, 1.807) is 11.0 Å². The van der Waals surface area contributed by atoms with E-state index in [0.717, 1.165) is 22.2 Å². The van der Waals surface area contributed by atoms with Gasteiger partial charge in [-0.05, 0) is 25.0 Å². The largest absolute Gasteiger partial charge is 0.378 e. The Bertz CT molecular complexity index is 944. The molecule has 0 aliphatic rings. The highest BCUT2D eigenvalue weighted by Gasteiger charge is 2.28. The van der Waals surface area contributed by atoms with Crippen LogP contribution in [0.15, 0.2) is 67.3 Å². The summed E-state index contributed by atoms with van der Waals surface area (Å²) in [7, 11) is 1.96. The monoisotopic (exact) mass is 362 g/mol. The molecule has 2 aromatic carbocycles. The standard InChI is InChI=1S/C23H26N2O2/c1-4-5-15-25(16-18-11-7-6-8-12-18)23(27)22(26)21-17(2)24(3)20-14-10-9-13-19(20)21/h4,6-14,22,26H,1,5,15-16H2,2-3H3. The number of aryl methyl sites for hydroxylation is 1. The minimum absolute atomic E-state index is 0.278. The SMILES string of the molecule is C=CCCN(Cc1ccccc1)C(=O)C(O)c1c(C)n(C)c2ccccc12. The first kappa shape index (κ1) is 18.9. The third-order valence-corrected chi connectivity index (χ3v) is 5.09. The van der Waals surface area contributed by atoms with E-state index in [1.807, 2.05) is 73.1 Å². The lowest BCUT2D eigenvalue weighted by atomic mass is 10.0. The molecular weight excluding hydrogens is 336 g/mol. The summed E-state index contributed by atoms with van der Waals surface area (Å²) in [5.41, 5.74) is 3.64. The number of aromatic nitrogens is 1. The third-order valence-electron chi connectivity index (χ3n) is 5.09. The van der Waals surface area contributed by atoms with E-state index < -0.39 is 6.10 Å². The van der Waals surface area contributed by atoms with Crippen LogP contribution in [0.1, 0.15) is 29.3 Å². The maximum Gasteiger partial charge on any atom is 0.256 e. The summed E-state index contributed by atoms with van der Waals surface area (Å²) in [5.74, 6) is -0.278. The predicted molar refractivity (Wildman–Crippen MR) is 109 cm³/mol. The van der Waals surface area contributed by atoms with Gasteiger partial charge in [0.2, 0.25) is 0 Å². The van der Waals surface area contributed by atoms with Crippen LogP contribution in [0.25, 0.3) is 10.9 Å². The summed E-state index contributed by atoms with van der Waals surface area (Å²) in [5, 5.41) is 11.9. The van der Waals surface area contributed by atoms with Gasteiger partial charge in [0.25, 0.3) is 5.91 Å². The van der Waals surface area contributed by atoms with Gasteiger partial charge < -0.3 is 14.6 Å². The van der Waals surface area contributed by atoms with E-state index >= 15 is 0 Å². The van der Waals surface area contributed by atoms with E-state index in [0.29, 0.717) is 25.1 Å². The van der Waals surface area contributed by atoms with Crippen molar-refractivity contribution in [3.8, 4) is 0 Å². The molecule has 1 unspecified atom stereocenters. The Morgan fingerprint density at radius 3 is 2.56 bits per heavy atom. The van der Waals surface area contributed by atoms with Crippen molar-refractivity contribution in [2.24, 2.45) is 7.05 Å². The summed E-state index contributed by atoms with van der Waals surface area (Å²) in [6.07, 6.45) is 1.28. The molecule has 4 heteroatoms. The van der Waals surface area contributed by atoms with Crippen LogP contribution in [-0.2, 0) is 18.4 Å². The zero-order valence-corrected chi connectivity index (χ0v) is 15.9. The highest BCUT2D eigenvalue weighted by molar-refractivity contribution is 5.92. The van der Waals surface area contributed by atoms with Crippen LogP contribution >= 0.6 is 0 Å². The van der Waals surface area contributed by atoms with Crippen molar-refractivity contribution < 1.29 is 9.90 Å². The first-order valence-corrected chi connectivity index (χ1v) is 9.20. The Kier molecular flexibility index (Phi) is 5.77. The Balaban J connectivity index is 1.94. The number of carbonyl (C=O) groups excluding carboxylic acids is 1. The average Bonchev–Trinajstić information content (AvgIpc) is 2.95. The Morgan fingerprint density at radius 2 is 1.85 bits per heavy atom. The van der Waals surface area contributed by atoms with Crippen molar-refractivity contribution in [2.75, 3.05) is 6.54 Å². The number of carbonyl (C=O) groups is 1. The maximum atomic E-state index is 13.2. The van der Waals surface area contributed by atoms with Gasteiger partial charge in [-0.15, -0.1) is 6.58 Å². The van der Waals surface area contributed by atoms with Gasteiger partial charge in [-0.1, -0.05) is 54.6 Å². The summed E-state index contributed by atoms with van der Waals surface area (Å²) in [6.45, 7) is 6.69. The second-order valence-electron chi connectivity index (χ2n) is 6.80. The quantitative estimate of drug-likeness (QED) is 0.643. The van der Waals surface area contributed by atoms with Crippen molar-refractivity contribution in [2.45, 2.75) is 26.0 Å². The normalized spacial score (nSPS) is 12.1. The minimum Gasteiger partial charge on any atom is -0.378 e. The number of nitrogens with zero attached hydrogens (tertiary/aromatic N) is 2. The molecule has 1 aromatic heterocycles. The zero-order valence-electron chi connectivity index (χ0n) is 15.9. The van der Waals surface area contributed by atoms with Crippen LogP contribution < -0.4 is 0 Å². The molecule has 3 rings (SSSR count). The minimum atomic E-state index is -1.19. The lowest BCUT2D eigenvalue weighted by molar-refractivity contribution is -0.141. The molecule has 0 aliphatic carbocycles. The first-order valence-electron chi connectivity index (χ1n) is 9.20. The van der Waals surface area contributed by atoms with Gasteiger partial charge in [-0.3, -0.25) is 4.79 Å². The highest BCUT2D eigenvalue weighted by Crippen LogP contribution is 2.31. The molecule has 140 valence electrons. The van der Waals surface area contributed by atoms with E-state index in [9.17, 15) is 9.90 Å². The van der Waals surface area contributed by atoms with Crippen LogP contribution in [0, 0.1) is 6.92 Å². The number of aliphatic hydroxyl groups excluding tert-OH is 1. The summed E-state index contributed by atoms with van der Waals surface area (Å²) >= 11 is 0. The van der Waals surface area contributed by atoms with Gasteiger partial charge in [0.1, 0.15) is 0 Å². The molecule has 0 aliphatic heterocycles. The topological polar surface area (TPSA) is 45.5 Å². The van der Waals surface area contributed by atoms with Crippen LogP contribution in [-0.4, -0.2) is 27.0 Å². The number of rotatable bonds is 7. The van der Waals surface area contributed by atoms with Crippen molar-refractivity contribution in [1.82, 2.24) is 9.47 Å². The molecule has 1 atom stereocenters. The molecule has 1 N–H and O–H groups in total. The van der Waals surface area contributed by atoms with Crippen LogP contribution in [0.2, 0.25) is 0 Å². The summed E-state index contributed by atoms with van der Waals surface area (Å²) < 4.78 is 2.02. The molecule has 3 aromatic rings. The Morgan fingerprint density at radius 1 is 1.19 bits per heavy atom. The first-order chi connectivity index (χ1) is 13.0. The number of hydrogen-bond donors (Lipinski definition) is 1. The van der Waals surface area contributed by atoms with Gasteiger partial charge in [0.15, 0.2) is 6.10 Å². The van der Waals surface area contributed by atoms with E-state index in [-0.39, 0.29) is 5.91 Å². The number of para-hydroxylation sites is 1. The molecule has 0 saturated carbocycles. The zero-order chi connectivity index (χ0) is 19.4. The summed E-state index contributed by atoms with van der Waals surface area (Å²) in [4.78, 5) is 14.9. The lowest BCUT2D eigenvalue weighted by Crippen LogP contribution is -2.35. The van der Waals surface area contributed by atoms with Crippen molar-refractivity contribution in [3.05, 3.63) is 84.1 Å².